The molecule has 1 aromatic carbocycles. The second-order valence-corrected chi connectivity index (χ2v) is 3.76. The van der Waals surface area contributed by atoms with Gasteiger partial charge in [0.15, 0.2) is 23.3 Å². The maximum absolute atomic E-state index is 13.3. The monoisotopic (exact) mass is 280 g/mol. The molecule has 1 aromatic rings. The number of amides is 2. The fourth-order valence-corrected chi connectivity index (χ4v) is 1.58. The van der Waals surface area contributed by atoms with Gasteiger partial charge in [-0.1, -0.05) is 0 Å². The van der Waals surface area contributed by atoms with Crippen molar-refractivity contribution in [3.05, 3.63) is 29.1 Å². The van der Waals surface area contributed by atoms with Crippen LogP contribution in [0.15, 0.2) is 0 Å². The van der Waals surface area contributed by atoms with Crippen LogP contribution in [0.4, 0.5) is 27.6 Å². The first kappa shape index (κ1) is 13.2. The maximum atomic E-state index is 13.3. The second-order valence-electron chi connectivity index (χ2n) is 3.76. The molecule has 1 saturated heterocycles. The Morgan fingerprint density at radius 3 is 1.79 bits per heavy atom. The van der Waals surface area contributed by atoms with Crippen LogP contribution in [0.2, 0.25) is 0 Å². The Morgan fingerprint density at radius 1 is 0.895 bits per heavy atom. The number of rotatable bonds is 2. The number of benzene rings is 1. The molecule has 0 aliphatic carbocycles. The van der Waals surface area contributed by atoms with Crippen LogP contribution in [-0.2, 0) is 9.59 Å². The van der Waals surface area contributed by atoms with Gasteiger partial charge in [0.1, 0.15) is 11.7 Å². The molecule has 102 valence electrons. The fraction of sp³-hybridized carbons (Fsp3) is 0.200. The molecule has 1 aliphatic rings. The highest BCUT2D eigenvalue weighted by Gasteiger charge is 2.34. The molecule has 2 N–H and O–H groups in total. The Bertz CT molecular complexity index is 561. The number of carbonyl (C=O) groups excluding carboxylic acids is 2. The first-order valence-corrected chi connectivity index (χ1v) is 4.94. The topological polar surface area (TPSA) is 58.2 Å². The zero-order valence-electron chi connectivity index (χ0n) is 8.99. The van der Waals surface area contributed by atoms with E-state index in [1.54, 1.807) is 0 Å². The van der Waals surface area contributed by atoms with Crippen LogP contribution in [0.5, 0.6) is 0 Å². The van der Waals surface area contributed by atoms with Crippen LogP contribution >= 0.6 is 0 Å². The van der Waals surface area contributed by atoms with Crippen molar-refractivity contribution in [1.29, 1.82) is 0 Å². The van der Waals surface area contributed by atoms with Crippen molar-refractivity contribution in [1.82, 2.24) is 5.32 Å². The molecule has 0 bridgehead atoms. The van der Waals surface area contributed by atoms with E-state index in [-0.39, 0.29) is 0 Å². The fourth-order valence-electron chi connectivity index (χ4n) is 1.58. The summed E-state index contributed by atoms with van der Waals surface area (Å²) < 4.78 is 65.1. The molecule has 0 saturated carbocycles. The molecular weight excluding hydrogens is 275 g/mol. The first-order chi connectivity index (χ1) is 8.82. The van der Waals surface area contributed by atoms with E-state index in [2.05, 4.69) is 0 Å². The lowest BCUT2D eigenvalue weighted by Gasteiger charge is -2.13. The van der Waals surface area contributed by atoms with Crippen molar-refractivity contribution in [2.45, 2.75) is 12.5 Å². The number of halogens is 5. The maximum Gasteiger partial charge on any atom is 0.249 e. The lowest BCUT2D eigenvalue weighted by molar-refractivity contribution is -0.124. The van der Waals surface area contributed by atoms with Gasteiger partial charge in [0, 0.05) is 0 Å². The number of nitrogens with one attached hydrogen (secondary N) is 2. The van der Waals surface area contributed by atoms with E-state index in [1.165, 1.54) is 0 Å². The molecule has 0 radical (unpaired) electrons. The van der Waals surface area contributed by atoms with Crippen LogP contribution in [0.3, 0.4) is 0 Å². The highest BCUT2D eigenvalue weighted by atomic mass is 19.2. The lowest BCUT2D eigenvalue weighted by atomic mass is 10.2. The Balaban J connectivity index is 2.41. The summed E-state index contributed by atoms with van der Waals surface area (Å²) in [5.41, 5.74) is -1.34. The smallest absolute Gasteiger partial charge is 0.249 e. The Kier molecular flexibility index (Phi) is 3.13. The van der Waals surface area contributed by atoms with E-state index in [0.717, 1.165) is 0 Å². The minimum Gasteiger partial charge on any atom is -0.368 e. The standard InChI is InChI=1S/C10H5F5N2O2/c11-4-5(12)7(14)9(8(15)6(4)13)16-2-1-3(18)17-10(2)19/h2,16H,1H2,(H,17,18,19). The zero-order valence-corrected chi connectivity index (χ0v) is 8.99. The van der Waals surface area contributed by atoms with Crippen LogP contribution in [0.25, 0.3) is 0 Å². The molecule has 19 heavy (non-hydrogen) atoms. The van der Waals surface area contributed by atoms with Gasteiger partial charge in [-0.25, -0.2) is 22.0 Å². The van der Waals surface area contributed by atoms with Gasteiger partial charge in [-0.2, -0.15) is 0 Å². The number of hydrogen-bond acceptors (Lipinski definition) is 3. The van der Waals surface area contributed by atoms with Gasteiger partial charge in [0.05, 0.1) is 6.42 Å². The van der Waals surface area contributed by atoms with E-state index in [0.29, 0.717) is 0 Å². The summed E-state index contributed by atoms with van der Waals surface area (Å²) in [4.78, 5) is 22.0. The Hall–Kier alpha value is -2.19. The van der Waals surface area contributed by atoms with Gasteiger partial charge in [0.25, 0.3) is 0 Å². The van der Waals surface area contributed by atoms with Gasteiger partial charge in [-0.3, -0.25) is 14.9 Å². The summed E-state index contributed by atoms with van der Waals surface area (Å²) in [6, 6.07) is -1.39. The summed E-state index contributed by atoms with van der Waals surface area (Å²) in [5.74, 6) is -12.4. The minimum atomic E-state index is -2.30. The zero-order chi connectivity index (χ0) is 14.3. The highest BCUT2D eigenvalue weighted by Crippen LogP contribution is 2.28. The van der Waals surface area contributed by atoms with Crippen LogP contribution in [0, 0.1) is 29.1 Å². The predicted molar refractivity (Wildman–Crippen MR) is 51.4 cm³/mol. The van der Waals surface area contributed by atoms with Crippen molar-refractivity contribution in [2.75, 3.05) is 5.32 Å². The third-order valence-corrected chi connectivity index (χ3v) is 2.50. The van der Waals surface area contributed by atoms with Gasteiger partial charge in [-0.05, 0) is 0 Å². The summed E-state index contributed by atoms with van der Waals surface area (Å²) >= 11 is 0. The molecule has 1 aliphatic heterocycles. The van der Waals surface area contributed by atoms with Gasteiger partial charge >= 0.3 is 0 Å². The van der Waals surface area contributed by atoms with Crippen LogP contribution in [-0.4, -0.2) is 17.9 Å². The number of carbonyl (C=O) groups is 2. The average molecular weight is 280 g/mol. The average Bonchev–Trinajstić information content (AvgIpc) is 2.68. The SMILES string of the molecule is O=C1CC(Nc2c(F)c(F)c(F)c(F)c2F)C(=O)N1. The third-order valence-electron chi connectivity index (χ3n) is 2.50. The summed E-state index contributed by atoms with van der Waals surface area (Å²) in [6.45, 7) is 0. The molecular formula is C10H5F5N2O2. The molecule has 1 fully saturated rings. The summed E-state index contributed by atoms with van der Waals surface area (Å²) in [7, 11) is 0. The second kappa shape index (κ2) is 4.48. The normalized spacial score (nSPS) is 18.7. The van der Waals surface area contributed by atoms with Crippen molar-refractivity contribution in [3.8, 4) is 0 Å². The molecule has 2 rings (SSSR count). The van der Waals surface area contributed by atoms with E-state index < -0.39 is 59.1 Å². The number of imide groups is 1. The summed E-state index contributed by atoms with van der Waals surface area (Å²) in [6.07, 6.45) is -0.460. The Morgan fingerprint density at radius 2 is 1.37 bits per heavy atom. The molecule has 0 spiro atoms. The van der Waals surface area contributed by atoms with Crippen LogP contribution in [0.1, 0.15) is 6.42 Å². The molecule has 1 atom stereocenters. The Labute approximate surface area is 102 Å². The van der Waals surface area contributed by atoms with E-state index in [1.807, 2.05) is 10.6 Å². The van der Waals surface area contributed by atoms with Crippen molar-refractivity contribution < 1.29 is 31.5 Å². The highest BCUT2D eigenvalue weighted by molar-refractivity contribution is 6.06. The van der Waals surface area contributed by atoms with Gasteiger partial charge in [-0.15, -0.1) is 0 Å². The van der Waals surface area contributed by atoms with Gasteiger partial charge < -0.3 is 5.32 Å². The lowest BCUT2D eigenvalue weighted by Crippen LogP contribution is -2.31. The van der Waals surface area contributed by atoms with E-state index in [4.69, 9.17) is 0 Å². The van der Waals surface area contributed by atoms with E-state index >= 15 is 0 Å². The van der Waals surface area contributed by atoms with Crippen molar-refractivity contribution in [3.63, 3.8) is 0 Å². The number of hydrogen-bond donors (Lipinski definition) is 2. The minimum absolute atomic E-state index is 0.460. The largest absolute Gasteiger partial charge is 0.368 e. The third kappa shape index (κ3) is 2.11. The molecule has 0 aromatic heterocycles. The van der Waals surface area contributed by atoms with Gasteiger partial charge in [0.2, 0.25) is 17.6 Å². The molecule has 9 heteroatoms. The molecule has 1 unspecified atom stereocenters. The predicted octanol–water partition coefficient (Wildman–Crippen LogP) is 1.21. The first-order valence-electron chi connectivity index (χ1n) is 4.94. The molecule has 4 nitrogen and oxygen atoms in total. The number of anilines is 1. The molecule has 1 heterocycles. The van der Waals surface area contributed by atoms with Crippen molar-refractivity contribution in [2.24, 2.45) is 0 Å². The summed E-state index contributed by atoms with van der Waals surface area (Å²) in [5, 5.41) is 3.66. The molecule has 2 amide bonds. The van der Waals surface area contributed by atoms with E-state index in [9.17, 15) is 31.5 Å². The quantitative estimate of drug-likeness (QED) is 0.370. The van der Waals surface area contributed by atoms with Crippen LogP contribution < -0.4 is 10.6 Å². The van der Waals surface area contributed by atoms with Crippen molar-refractivity contribution >= 4 is 17.5 Å².